The fourth-order valence-electron chi connectivity index (χ4n) is 3.16. The number of alkyl halides is 12. The van der Waals surface area contributed by atoms with Crippen molar-refractivity contribution in [1.29, 1.82) is 0 Å². The molecule has 3 aromatic rings. The van der Waals surface area contributed by atoms with Gasteiger partial charge in [-0.2, -0.15) is 86.4 Å². The van der Waals surface area contributed by atoms with Gasteiger partial charge in [0.2, 0.25) is 0 Å². The largest absolute Gasteiger partial charge is 0.522 e. The fraction of sp³-hybridized carbons (Fsp3) is 0.200. The molecule has 2 aliphatic rings. The van der Waals surface area contributed by atoms with Gasteiger partial charge in [0.15, 0.2) is 0 Å². The quantitative estimate of drug-likeness (QED) is 0.0654. The van der Waals surface area contributed by atoms with E-state index in [2.05, 4.69) is 75.1 Å². The van der Waals surface area contributed by atoms with Crippen molar-refractivity contribution in [1.82, 2.24) is 19.5 Å². The lowest BCUT2D eigenvalue weighted by Gasteiger charge is -1.97. The summed E-state index contributed by atoms with van der Waals surface area (Å²) in [5.41, 5.74) is -14.0. The number of nitrogens with zero attached hydrogens (tertiary/aromatic N) is 3. The Bertz CT molecular complexity index is 2340. The van der Waals surface area contributed by atoms with Crippen molar-refractivity contribution in [3.8, 4) is 0 Å². The number of halogens is 12. The van der Waals surface area contributed by atoms with Crippen LogP contribution in [0.3, 0.4) is 0 Å². The Hall–Kier alpha value is -4.60. The van der Waals surface area contributed by atoms with Gasteiger partial charge in [-0.3, -0.25) is 18.2 Å². The van der Waals surface area contributed by atoms with Gasteiger partial charge in [0.1, 0.15) is 0 Å². The van der Waals surface area contributed by atoms with Gasteiger partial charge in [0, 0.05) is 29.1 Å². The summed E-state index contributed by atoms with van der Waals surface area (Å²) in [7, 11) is -21.3. The molecule has 5 heterocycles. The molecule has 57 heavy (non-hydrogen) atoms. The topological polar surface area (TPSA) is 264 Å². The second kappa shape index (κ2) is 17.9. The predicted octanol–water partition coefficient (Wildman–Crippen LogP) is 6.24. The van der Waals surface area contributed by atoms with Crippen molar-refractivity contribution < 1.29 is 105 Å². The monoisotopic (exact) mass is 924 g/mol. The number of hydrogen-bond acceptors (Lipinski definition) is 10. The van der Waals surface area contributed by atoms with Crippen LogP contribution in [0.1, 0.15) is 22.8 Å². The molecular formula is C25H20F12N4O12S4. The SMILES string of the molecule is Cn1c2ccc1cc1nc(cc3ccc(cc4nc(c2)C=C4)[nH]3)C=C1.O=S(=O)(O)C(F)(F)F.O=S(=O)(O)C(F)(F)F.O=S(=O)(O)C(F)(F)F.O=S(=O)(O)C(F)(F)F. The third kappa shape index (κ3) is 16.4. The van der Waals surface area contributed by atoms with E-state index in [1.807, 2.05) is 24.3 Å². The molecule has 3 aromatic heterocycles. The molecule has 8 bridgehead atoms. The number of nitrogens with one attached hydrogen (secondary N) is 1. The standard InChI is InChI=1S/C21H16N4.4CHF3O3S/c1-25-20-8-9-21(25)13-19-7-5-17(24-19)11-15-3-2-14(22-15)10-16-4-6-18(12-20)23-16;4*2-1(3,4)8(5,6)7/h2-13,22H,1H3;4*(H,5,6,7). The van der Waals surface area contributed by atoms with Crippen molar-refractivity contribution in [3.63, 3.8) is 0 Å². The zero-order valence-corrected chi connectivity index (χ0v) is 30.3. The molecule has 0 aliphatic carbocycles. The van der Waals surface area contributed by atoms with Crippen LogP contribution in [0, 0.1) is 0 Å². The molecule has 0 fully saturated rings. The maximum absolute atomic E-state index is 10.7. The Morgan fingerprint density at radius 1 is 0.456 bits per heavy atom. The lowest BCUT2D eigenvalue weighted by molar-refractivity contribution is -0.0514. The molecule has 5 rings (SSSR count). The molecule has 0 radical (unpaired) electrons. The first kappa shape index (κ1) is 50.4. The average Bonchev–Trinajstić information content (AvgIpc) is 3.78. The van der Waals surface area contributed by atoms with Crippen LogP contribution in [0.5, 0.6) is 0 Å². The highest BCUT2D eigenvalue weighted by Crippen LogP contribution is 2.23. The van der Waals surface area contributed by atoms with Gasteiger partial charge in [-0.25, -0.2) is 9.97 Å². The summed E-state index contributed by atoms with van der Waals surface area (Å²) in [6.45, 7) is 0. The molecule has 5 N–H and O–H groups in total. The second-order valence-corrected chi connectivity index (χ2v) is 15.6. The summed E-state index contributed by atoms with van der Waals surface area (Å²) in [6, 6.07) is 16.6. The average molecular weight is 925 g/mol. The number of rotatable bonds is 0. The van der Waals surface area contributed by atoms with E-state index in [0.717, 1.165) is 44.8 Å². The molecule has 32 heteroatoms. The molecule has 0 atom stereocenters. The lowest BCUT2D eigenvalue weighted by Crippen LogP contribution is -2.21. The lowest BCUT2D eigenvalue weighted by atomic mass is 10.3. The predicted molar refractivity (Wildman–Crippen MR) is 174 cm³/mol. The van der Waals surface area contributed by atoms with Crippen molar-refractivity contribution in [3.05, 3.63) is 71.3 Å². The summed E-state index contributed by atoms with van der Waals surface area (Å²) in [6.07, 6.45) is 8.16. The third-order valence-electron chi connectivity index (χ3n) is 5.66. The van der Waals surface area contributed by atoms with E-state index in [9.17, 15) is 52.7 Å². The first-order valence-corrected chi connectivity index (χ1v) is 19.1. The number of hydrogen-bond donors (Lipinski definition) is 5. The van der Waals surface area contributed by atoms with Crippen LogP contribution in [0.2, 0.25) is 0 Å². The molecule has 0 unspecified atom stereocenters. The first-order valence-electron chi connectivity index (χ1n) is 13.4. The Kier molecular flexibility index (Phi) is 15.8. The molecule has 2 aliphatic heterocycles. The zero-order chi connectivity index (χ0) is 44.8. The van der Waals surface area contributed by atoms with E-state index in [0.29, 0.717) is 0 Å². The normalized spacial score (nSPS) is 13.4. The van der Waals surface area contributed by atoms with Crippen molar-refractivity contribution >= 4 is 86.8 Å². The van der Waals surface area contributed by atoms with Crippen LogP contribution in [0.15, 0.2) is 48.5 Å². The van der Waals surface area contributed by atoms with E-state index in [-0.39, 0.29) is 0 Å². The maximum Gasteiger partial charge on any atom is 0.522 e. The minimum atomic E-state index is -5.84. The van der Waals surface area contributed by atoms with Gasteiger partial charge < -0.3 is 9.55 Å². The van der Waals surface area contributed by atoms with Gasteiger partial charge in [0.05, 0.1) is 22.8 Å². The minimum Gasteiger partial charge on any atom is -0.355 e. The maximum atomic E-state index is 10.7. The number of aromatic nitrogens is 4. The first-order chi connectivity index (χ1) is 25.2. The van der Waals surface area contributed by atoms with Gasteiger partial charge in [-0.1, -0.05) is 0 Å². The molecular weight excluding hydrogens is 905 g/mol. The summed E-state index contributed by atoms with van der Waals surface area (Å²) < 4.78 is 232. The van der Waals surface area contributed by atoms with E-state index >= 15 is 0 Å². The Balaban J connectivity index is 0.000000421. The molecule has 0 spiro atoms. The van der Waals surface area contributed by atoms with Gasteiger partial charge in [-0.05, 0) is 72.8 Å². The number of aromatic amines is 1. The van der Waals surface area contributed by atoms with E-state index in [1.54, 1.807) is 0 Å². The van der Waals surface area contributed by atoms with E-state index in [1.165, 1.54) is 0 Å². The van der Waals surface area contributed by atoms with Gasteiger partial charge in [-0.15, -0.1) is 0 Å². The molecule has 0 amide bonds. The highest BCUT2D eigenvalue weighted by molar-refractivity contribution is 7.87. The van der Waals surface area contributed by atoms with Crippen molar-refractivity contribution in [2.24, 2.45) is 7.05 Å². The van der Waals surface area contributed by atoms with Crippen LogP contribution in [-0.4, -0.2) is 93.4 Å². The molecule has 0 saturated heterocycles. The van der Waals surface area contributed by atoms with Crippen LogP contribution in [-0.2, 0) is 47.5 Å². The number of aryl methyl sites for hydroxylation is 1. The van der Waals surface area contributed by atoms with Crippen LogP contribution < -0.4 is 0 Å². The highest BCUT2D eigenvalue weighted by atomic mass is 32.2. The van der Waals surface area contributed by atoms with Crippen molar-refractivity contribution in [2.75, 3.05) is 0 Å². The molecule has 320 valence electrons. The van der Waals surface area contributed by atoms with E-state index < -0.39 is 62.5 Å². The summed E-state index contributed by atoms with van der Waals surface area (Å²) in [5.74, 6) is 0. The van der Waals surface area contributed by atoms with Crippen LogP contribution in [0.25, 0.3) is 46.4 Å². The Morgan fingerprint density at radius 2 is 0.667 bits per heavy atom. The van der Waals surface area contributed by atoms with Gasteiger partial charge >= 0.3 is 62.5 Å². The van der Waals surface area contributed by atoms with Crippen LogP contribution >= 0.6 is 0 Å². The van der Waals surface area contributed by atoms with E-state index in [4.69, 9.17) is 51.9 Å². The number of H-pyrrole nitrogens is 1. The van der Waals surface area contributed by atoms with Crippen LogP contribution in [0.4, 0.5) is 52.7 Å². The van der Waals surface area contributed by atoms with Gasteiger partial charge in [0.25, 0.3) is 0 Å². The zero-order valence-electron chi connectivity index (χ0n) is 27.0. The molecule has 0 aromatic carbocycles. The van der Waals surface area contributed by atoms with Crippen molar-refractivity contribution in [2.45, 2.75) is 22.0 Å². The third-order valence-corrected chi connectivity index (χ3v) is 8.00. The minimum absolute atomic E-state index is 0.946. The fourth-order valence-corrected chi connectivity index (χ4v) is 3.16. The Labute approximate surface area is 310 Å². The summed E-state index contributed by atoms with van der Waals surface area (Å²) >= 11 is 0. The molecule has 16 nitrogen and oxygen atoms in total. The molecule has 0 saturated carbocycles. The summed E-state index contributed by atoms with van der Waals surface area (Å²) in [4.78, 5) is 12.8. The highest BCUT2D eigenvalue weighted by Gasteiger charge is 2.46. The Morgan fingerprint density at radius 3 is 0.877 bits per heavy atom. The number of fused-ring (bicyclic) bond motifs is 8. The smallest absolute Gasteiger partial charge is 0.355 e. The summed E-state index contributed by atoms with van der Waals surface area (Å²) in [5, 5.41) is 0. The second-order valence-electron chi connectivity index (χ2n) is 9.96.